The zero-order chi connectivity index (χ0) is 14.4. The second-order valence-electron chi connectivity index (χ2n) is 5.20. The summed E-state index contributed by atoms with van der Waals surface area (Å²) in [6.45, 7) is 8.54. The van der Waals surface area contributed by atoms with Crippen LogP contribution >= 0.6 is 0 Å². The van der Waals surface area contributed by atoms with E-state index in [1.54, 1.807) is 0 Å². The van der Waals surface area contributed by atoms with Gasteiger partial charge < -0.3 is 0 Å². The van der Waals surface area contributed by atoms with Gasteiger partial charge in [-0.2, -0.15) is 10.5 Å². The van der Waals surface area contributed by atoms with Crippen LogP contribution in [0.1, 0.15) is 74.6 Å². The summed E-state index contributed by atoms with van der Waals surface area (Å²) in [6, 6.07) is 8.64. The van der Waals surface area contributed by atoms with Gasteiger partial charge in [0.05, 0.1) is 24.1 Å². The predicted molar refractivity (Wildman–Crippen MR) is 77.9 cm³/mol. The highest BCUT2D eigenvalue weighted by Gasteiger charge is 2.16. The molecule has 1 rings (SSSR count). The lowest BCUT2D eigenvalue weighted by Crippen LogP contribution is -2.04. The van der Waals surface area contributed by atoms with Crippen LogP contribution < -0.4 is 0 Å². The zero-order valence-corrected chi connectivity index (χ0v) is 12.3. The lowest BCUT2D eigenvalue weighted by molar-refractivity contribution is 0.710. The predicted octanol–water partition coefficient (Wildman–Crippen LogP) is 4.65. The van der Waals surface area contributed by atoms with Crippen molar-refractivity contribution in [2.75, 3.05) is 0 Å². The van der Waals surface area contributed by atoms with Crippen molar-refractivity contribution in [2.24, 2.45) is 0 Å². The fraction of sp³-hybridized carbons (Fsp3) is 0.529. The molecule has 0 saturated heterocycles. The maximum absolute atomic E-state index is 9.35. The van der Waals surface area contributed by atoms with Crippen molar-refractivity contribution in [3.63, 3.8) is 0 Å². The fourth-order valence-electron chi connectivity index (χ4n) is 2.32. The Bertz CT molecular complexity index is 517. The summed E-state index contributed by atoms with van der Waals surface area (Å²) in [4.78, 5) is 0. The van der Waals surface area contributed by atoms with Gasteiger partial charge in [0.15, 0.2) is 0 Å². The lowest BCUT2D eigenvalue weighted by atomic mass is 9.85. The molecule has 0 heterocycles. The van der Waals surface area contributed by atoms with Gasteiger partial charge in [0.25, 0.3) is 0 Å². The van der Waals surface area contributed by atoms with E-state index in [9.17, 15) is 5.26 Å². The average Bonchev–Trinajstić information content (AvgIpc) is 2.45. The second kappa shape index (κ2) is 6.95. The molecule has 0 saturated carbocycles. The Labute approximate surface area is 116 Å². The molecule has 0 aliphatic carbocycles. The third-order valence-electron chi connectivity index (χ3n) is 3.99. The van der Waals surface area contributed by atoms with Gasteiger partial charge >= 0.3 is 0 Å². The molecule has 100 valence electrons. The molecule has 2 atom stereocenters. The van der Waals surface area contributed by atoms with Crippen molar-refractivity contribution < 1.29 is 0 Å². The summed E-state index contributed by atoms with van der Waals surface area (Å²) in [6.07, 6.45) is 2.45. The van der Waals surface area contributed by atoms with E-state index in [1.165, 1.54) is 0 Å². The Morgan fingerprint density at radius 2 is 1.58 bits per heavy atom. The molecule has 2 nitrogen and oxygen atoms in total. The molecule has 0 spiro atoms. The third kappa shape index (κ3) is 3.36. The molecule has 0 fully saturated rings. The molecular weight excluding hydrogens is 232 g/mol. The maximum Gasteiger partial charge on any atom is 0.0994 e. The highest BCUT2D eigenvalue weighted by molar-refractivity contribution is 5.48. The van der Waals surface area contributed by atoms with Gasteiger partial charge in [-0.05, 0) is 47.4 Å². The van der Waals surface area contributed by atoms with E-state index >= 15 is 0 Å². The summed E-state index contributed by atoms with van der Waals surface area (Å²) in [5.74, 6) is 0.750. The average molecular weight is 254 g/mol. The largest absolute Gasteiger partial charge is 0.198 e. The Morgan fingerprint density at radius 3 is 2.05 bits per heavy atom. The Morgan fingerprint density at radius 1 is 1.00 bits per heavy atom. The third-order valence-corrected chi connectivity index (χ3v) is 3.99. The maximum atomic E-state index is 9.35. The Balaban J connectivity index is 3.43. The van der Waals surface area contributed by atoms with Crippen LogP contribution in [0.5, 0.6) is 0 Å². The highest BCUT2D eigenvalue weighted by atomic mass is 14.3. The summed E-state index contributed by atoms with van der Waals surface area (Å²) < 4.78 is 0. The number of nitriles is 2. The summed E-state index contributed by atoms with van der Waals surface area (Å²) in [5.41, 5.74) is 4.10. The van der Waals surface area contributed by atoms with E-state index < -0.39 is 0 Å². The summed E-state index contributed by atoms with van der Waals surface area (Å²) >= 11 is 0. The Hall–Kier alpha value is -1.80. The topological polar surface area (TPSA) is 47.6 Å². The van der Waals surface area contributed by atoms with E-state index in [-0.39, 0.29) is 0 Å². The van der Waals surface area contributed by atoms with Crippen LogP contribution in [0.3, 0.4) is 0 Å². The van der Waals surface area contributed by atoms with Crippen LogP contribution in [-0.2, 0) is 6.42 Å². The van der Waals surface area contributed by atoms with Gasteiger partial charge in [-0.1, -0.05) is 33.8 Å². The van der Waals surface area contributed by atoms with Gasteiger partial charge in [-0.25, -0.2) is 0 Å². The van der Waals surface area contributed by atoms with E-state index in [1.807, 2.05) is 6.07 Å². The number of hydrogen-bond acceptors (Lipinski definition) is 2. The van der Waals surface area contributed by atoms with Crippen molar-refractivity contribution in [3.05, 3.63) is 34.4 Å². The molecule has 2 unspecified atom stereocenters. The monoisotopic (exact) mass is 254 g/mol. The van der Waals surface area contributed by atoms with Crippen LogP contribution in [0.25, 0.3) is 0 Å². The molecule has 1 aromatic carbocycles. The number of hydrogen-bond donors (Lipinski definition) is 0. The summed E-state index contributed by atoms with van der Waals surface area (Å²) in [5, 5.41) is 18.3. The molecule has 0 aliphatic heterocycles. The van der Waals surface area contributed by atoms with E-state index in [2.05, 4.69) is 45.9 Å². The zero-order valence-electron chi connectivity index (χ0n) is 12.3. The van der Waals surface area contributed by atoms with Gasteiger partial charge in [0, 0.05) is 0 Å². The first-order valence-electron chi connectivity index (χ1n) is 7.02. The minimum absolute atomic E-state index is 0.359. The molecule has 19 heavy (non-hydrogen) atoms. The smallest absolute Gasteiger partial charge is 0.0994 e. The molecule has 0 radical (unpaired) electrons. The molecule has 0 bridgehead atoms. The van der Waals surface area contributed by atoms with Crippen molar-refractivity contribution in [3.8, 4) is 12.1 Å². The van der Waals surface area contributed by atoms with Gasteiger partial charge in [-0.15, -0.1) is 0 Å². The Kier molecular flexibility index (Phi) is 5.58. The normalized spacial score (nSPS) is 13.4. The van der Waals surface area contributed by atoms with Crippen LogP contribution in [-0.4, -0.2) is 0 Å². The molecular formula is C17H22N2. The molecule has 0 N–H and O–H groups in total. The van der Waals surface area contributed by atoms with Gasteiger partial charge in [0.1, 0.15) is 0 Å². The van der Waals surface area contributed by atoms with Crippen molar-refractivity contribution in [1.82, 2.24) is 0 Å². The van der Waals surface area contributed by atoms with Crippen LogP contribution in [0, 0.1) is 22.7 Å². The molecule has 0 aliphatic rings. The van der Waals surface area contributed by atoms with Crippen molar-refractivity contribution in [2.45, 2.75) is 58.8 Å². The first-order chi connectivity index (χ1) is 9.08. The minimum Gasteiger partial charge on any atom is -0.198 e. The number of nitrogens with zero attached hydrogens (tertiary/aromatic N) is 2. The number of benzene rings is 1. The first kappa shape index (κ1) is 15.3. The fourth-order valence-corrected chi connectivity index (χ4v) is 2.32. The van der Waals surface area contributed by atoms with Crippen LogP contribution in [0.15, 0.2) is 12.1 Å². The highest BCUT2D eigenvalue weighted by Crippen LogP contribution is 2.30. The molecule has 0 aromatic heterocycles. The molecule has 0 amide bonds. The standard InChI is InChI=1S/C17H22N2/c1-5-12(3)16-10-15(11-19)17(13(4)6-2)9-14(16)7-8-18/h9-10,12-13H,5-7H2,1-4H3. The second-order valence-corrected chi connectivity index (χ2v) is 5.20. The van der Waals surface area contributed by atoms with Crippen LogP contribution in [0.4, 0.5) is 0 Å². The quantitative estimate of drug-likeness (QED) is 0.767. The number of rotatable bonds is 5. The van der Waals surface area contributed by atoms with Crippen molar-refractivity contribution in [1.29, 1.82) is 10.5 Å². The first-order valence-corrected chi connectivity index (χ1v) is 7.02. The van der Waals surface area contributed by atoms with E-state index in [4.69, 9.17) is 5.26 Å². The van der Waals surface area contributed by atoms with Crippen LogP contribution in [0.2, 0.25) is 0 Å². The molecule has 1 aromatic rings. The minimum atomic E-state index is 0.359. The van der Waals surface area contributed by atoms with E-state index in [0.29, 0.717) is 18.3 Å². The van der Waals surface area contributed by atoms with Gasteiger partial charge in [0.2, 0.25) is 0 Å². The summed E-state index contributed by atoms with van der Waals surface area (Å²) in [7, 11) is 0. The lowest BCUT2D eigenvalue weighted by Gasteiger charge is -2.19. The SMILES string of the molecule is CCC(C)c1cc(CC#N)c(C(C)CC)cc1C#N. The van der Waals surface area contributed by atoms with E-state index in [0.717, 1.165) is 35.1 Å². The van der Waals surface area contributed by atoms with Gasteiger partial charge in [-0.3, -0.25) is 0 Å². The van der Waals surface area contributed by atoms with Crippen molar-refractivity contribution >= 4 is 0 Å². The molecule has 2 heteroatoms.